The molecule has 2 fully saturated rings. The summed E-state index contributed by atoms with van der Waals surface area (Å²) >= 11 is 0. The zero-order chi connectivity index (χ0) is 20.8. The molecule has 1 aromatic carbocycles. The lowest BCUT2D eigenvalue weighted by Crippen LogP contribution is -2.31. The Balaban J connectivity index is 1.20. The molecular formula is C21H29N7O2. The van der Waals surface area contributed by atoms with Crippen LogP contribution in [0.15, 0.2) is 36.5 Å². The highest BCUT2D eigenvalue weighted by Gasteiger charge is 2.19. The number of benzene rings is 1. The van der Waals surface area contributed by atoms with Gasteiger partial charge in [-0.15, -0.1) is 0 Å². The first-order chi connectivity index (χ1) is 14.7. The first kappa shape index (κ1) is 20.1. The van der Waals surface area contributed by atoms with Gasteiger partial charge in [0, 0.05) is 49.8 Å². The number of rotatable bonds is 8. The van der Waals surface area contributed by atoms with Gasteiger partial charge in [-0.3, -0.25) is 10.00 Å². The lowest BCUT2D eigenvalue weighted by molar-refractivity contribution is 0.215. The average molecular weight is 412 g/mol. The Kier molecular flexibility index (Phi) is 6.36. The molecule has 1 aliphatic heterocycles. The molecule has 0 radical (unpaired) electrons. The monoisotopic (exact) mass is 411 g/mol. The van der Waals surface area contributed by atoms with E-state index in [0.717, 1.165) is 23.8 Å². The quantitative estimate of drug-likeness (QED) is 0.536. The van der Waals surface area contributed by atoms with Gasteiger partial charge >= 0.3 is 12.1 Å². The van der Waals surface area contributed by atoms with Crippen LogP contribution in [-0.2, 0) is 6.54 Å². The largest absolute Gasteiger partial charge is 0.385 e. The highest BCUT2D eigenvalue weighted by molar-refractivity contribution is 5.99. The van der Waals surface area contributed by atoms with Crippen LogP contribution in [0.5, 0.6) is 0 Å². The van der Waals surface area contributed by atoms with Gasteiger partial charge in [0.15, 0.2) is 5.82 Å². The molecule has 1 aromatic heterocycles. The van der Waals surface area contributed by atoms with Crippen LogP contribution in [0.4, 0.5) is 26.8 Å². The third kappa shape index (κ3) is 5.43. The standard InChI is InChI=1S/C21H29N7O2/c29-20(24-18-7-5-17(6-8-18)23-15-16-3-1-2-4-16)25-19-9-11-28(26-19)14-13-27-12-10-22-21(27)30/h5-9,11,16,23H,1-4,10,12-15H2,(H,22,30)(H2,24,25,26,29). The second kappa shape index (κ2) is 9.51. The second-order valence-corrected chi connectivity index (χ2v) is 7.87. The number of nitrogens with zero attached hydrogens (tertiary/aromatic N) is 3. The number of anilines is 3. The molecule has 0 unspecified atom stereocenters. The van der Waals surface area contributed by atoms with Crippen molar-refractivity contribution in [3.05, 3.63) is 36.5 Å². The molecule has 4 amide bonds. The fraction of sp³-hybridized carbons (Fsp3) is 0.476. The minimum absolute atomic E-state index is 0.0420. The minimum Gasteiger partial charge on any atom is -0.385 e. The van der Waals surface area contributed by atoms with Crippen LogP contribution < -0.4 is 21.3 Å². The maximum absolute atomic E-state index is 12.2. The number of carbonyl (C=O) groups is 2. The van der Waals surface area contributed by atoms with Crippen LogP contribution in [0.2, 0.25) is 0 Å². The van der Waals surface area contributed by atoms with E-state index in [1.165, 1.54) is 25.7 Å². The van der Waals surface area contributed by atoms with E-state index in [-0.39, 0.29) is 12.1 Å². The van der Waals surface area contributed by atoms with E-state index < -0.39 is 0 Å². The fourth-order valence-electron chi connectivity index (χ4n) is 3.93. The number of amides is 4. The zero-order valence-electron chi connectivity index (χ0n) is 17.1. The molecule has 9 nitrogen and oxygen atoms in total. The van der Waals surface area contributed by atoms with Crippen molar-refractivity contribution in [2.75, 3.05) is 42.1 Å². The summed E-state index contributed by atoms with van der Waals surface area (Å²) in [6.45, 7) is 3.57. The van der Waals surface area contributed by atoms with Gasteiger partial charge in [-0.25, -0.2) is 9.59 Å². The van der Waals surface area contributed by atoms with E-state index in [9.17, 15) is 9.59 Å². The molecular weight excluding hydrogens is 382 g/mol. The lowest BCUT2D eigenvalue weighted by atomic mass is 10.1. The molecule has 1 aliphatic carbocycles. The van der Waals surface area contributed by atoms with Crippen molar-refractivity contribution in [1.82, 2.24) is 20.0 Å². The van der Waals surface area contributed by atoms with Crippen molar-refractivity contribution < 1.29 is 9.59 Å². The van der Waals surface area contributed by atoms with Crippen molar-refractivity contribution >= 4 is 29.3 Å². The molecule has 4 N–H and O–H groups in total. The van der Waals surface area contributed by atoms with E-state index >= 15 is 0 Å². The molecule has 1 saturated heterocycles. The summed E-state index contributed by atoms with van der Waals surface area (Å²) < 4.78 is 1.71. The predicted octanol–water partition coefficient (Wildman–Crippen LogP) is 3.15. The predicted molar refractivity (Wildman–Crippen MR) is 117 cm³/mol. The van der Waals surface area contributed by atoms with Crippen LogP contribution in [0.1, 0.15) is 25.7 Å². The van der Waals surface area contributed by atoms with Gasteiger partial charge in [0.2, 0.25) is 0 Å². The number of nitrogens with one attached hydrogen (secondary N) is 4. The van der Waals surface area contributed by atoms with Crippen LogP contribution in [0, 0.1) is 5.92 Å². The van der Waals surface area contributed by atoms with Gasteiger partial charge in [0.05, 0.1) is 6.54 Å². The van der Waals surface area contributed by atoms with Gasteiger partial charge in [-0.2, -0.15) is 5.10 Å². The van der Waals surface area contributed by atoms with E-state index in [4.69, 9.17) is 0 Å². The Labute approximate surface area is 176 Å². The van der Waals surface area contributed by atoms with Gasteiger partial charge in [0.1, 0.15) is 0 Å². The smallest absolute Gasteiger partial charge is 0.324 e. The second-order valence-electron chi connectivity index (χ2n) is 7.87. The molecule has 4 rings (SSSR count). The summed E-state index contributed by atoms with van der Waals surface area (Å²) in [7, 11) is 0. The van der Waals surface area contributed by atoms with Crippen LogP contribution >= 0.6 is 0 Å². The zero-order valence-corrected chi connectivity index (χ0v) is 17.1. The first-order valence-electron chi connectivity index (χ1n) is 10.6. The summed E-state index contributed by atoms with van der Waals surface area (Å²) in [6, 6.07) is 9.08. The van der Waals surface area contributed by atoms with Crippen molar-refractivity contribution in [2.45, 2.75) is 32.2 Å². The summed E-state index contributed by atoms with van der Waals surface area (Å²) in [5.74, 6) is 1.24. The topological polar surface area (TPSA) is 103 Å². The maximum atomic E-state index is 12.2. The average Bonchev–Trinajstić information content (AvgIpc) is 3.49. The SMILES string of the molecule is O=C(Nc1ccc(NCC2CCCC2)cc1)Nc1ccn(CCN2CCNC2=O)n1. The molecule has 1 saturated carbocycles. The fourth-order valence-corrected chi connectivity index (χ4v) is 3.93. The Morgan fingerprint density at radius 2 is 1.83 bits per heavy atom. The highest BCUT2D eigenvalue weighted by atomic mass is 16.2. The van der Waals surface area contributed by atoms with Crippen molar-refractivity contribution in [2.24, 2.45) is 5.92 Å². The minimum atomic E-state index is -0.342. The summed E-state index contributed by atoms with van der Waals surface area (Å²) in [5, 5.41) is 16.1. The van der Waals surface area contributed by atoms with E-state index in [0.29, 0.717) is 32.0 Å². The van der Waals surface area contributed by atoms with Gasteiger partial charge in [0.25, 0.3) is 0 Å². The molecule has 2 aromatic rings. The molecule has 0 bridgehead atoms. The number of hydrogen-bond donors (Lipinski definition) is 4. The van der Waals surface area contributed by atoms with E-state index in [1.807, 2.05) is 24.3 Å². The lowest BCUT2D eigenvalue weighted by Gasteiger charge is -2.13. The molecule has 30 heavy (non-hydrogen) atoms. The third-order valence-corrected chi connectivity index (χ3v) is 5.64. The molecule has 2 heterocycles. The Bertz CT molecular complexity index is 858. The van der Waals surface area contributed by atoms with Crippen molar-refractivity contribution in [3.8, 4) is 0 Å². The molecule has 0 atom stereocenters. The number of carbonyl (C=O) groups excluding carboxylic acids is 2. The third-order valence-electron chi connectivity index (χ3n) is 5.64. The van der Waals surface area contributed by atoms with Crippen LogP contribution in [0.3, 0.4) is 0 Å². The van der Waals surface area contributed by atoms with Crippen LogP contribution in [-0.4, -0.2) is 52.9 Å². The summed E-state index contributed by atoms with van der Waals surface area (Å²) in [5.41, 5.74) is 1.79. The molecule has 2 aliphatic rings. The van der Waals surface area contributed by atoms with Crippen LogP contribution in [0.25, 0.3) is 0 Å². The maximum Gasteiger partial charge on any atom is 0.324 e. The molecule has 9 heteroatoms. The molecule has 160 valence electrons. The van der Waals surface area contributed by atoms with Crippen molar-refractivity contribution in [3.63, 3.8) is 0 Å². The first-order valence-corrected chi connectivity index (χ1v) is 10.6. The Morgan fingerprint density at radius 1 is 1.07 bits per heavy atom. The highest BCUT2D eigenvalue weighted by Crippen LogP contribution is 2.25. The number of aromatic nitrogens is 2. The van der Waals surface area contributed by atoms with Gasteiger partial charge in [-0.05, 0) is 43.0 Å². The summed E-state index contributed by atoms with van der Waals surface area (Å²) in [4.78, 5) is 25.5. The number of hydrogen-bond acceptors (Lipinski definition) is 4. The molecule has 0 spiro atoms. The summed E-state index contributed by atoms with van der Waals surface area (Å²) in [6.07, 6.45) is 7.11. The van der Waals surface area contributed by atoms with E-state index in [2.05, 4.69) is 26.4 Å². The van der Waals surface area contributed by atoms with Gasteiger partial charge < -0.3 is 20.9 Å². The van der Waals surface area contributed by atoms with E-state index in [1.54, 1.807) is 21.8 Å². The van der Waals surface area contributed by atoms with Gasteiger partial charge in [-0.1, -0.05) is 12.8 Å². The number of urea groups is 2. The normalized spacial score (nSPS) is 16.5. The Morgan fingerprint density at radius 3 is 2.57 bits per heavy atom. The Hall–Kier alpha value is -3.23. The van der Waals surface area contributed by atoms with Crippen molar-refractivity contribution in [1.29, 1.82) is 0 Å².